The maximum atomic E-state index is 2.53. The molecule has 0 saturated heterocycles. The second kappa shape index (κ2) is 14.9. The maximum absolute atomic E-state index is 2.53. The standard InChI is InChI=1S/C54H42B6N2/c55-47-43-38-21-11-13-23-41(38)62(40-22-12-10-20-37(40)34-18-8-3-9-19-34)54(43)52(60)50(58)45(47)46-48(56)44-39-30-35(32-16-6-2-7-17-32)26-29-42(39)61(53(44)51(59)49(46)57)36-27-24-33(25-28-36)31-14-4-1-5-15-31/h1-30H,55-60H2. The summed E-state index contributed by atoms with van der Waals surface area (Å²) < 4.78 is 5.04. The van der Waals surface area contributed by atoms with Crippen molar-refractivity contribution in [2.24, 2.45) is 0 Å². The number of para-hydroxylation sites is 2. The summed E-state index contributed by atoms with van der Waals surface area (Å²) in [4.78, 5) is 0. The average Bonchev–Trinajstić information content (AvgIpc) is 3.86. The molecule has 0 aliphatic heterocycles. The smallest absolute Gasteiger partial charge is 0.141 e. The average molecular weight is 784 g/mol. The van der Waals surface area contributed by atoms with Crippen LogP contribution in [0.5, 0.6) is 0 Å². The minimum absolute atomic E-state index is 1.17. The van der Waals surface area contributed by atoms with Gasteiger partial charge >= 0.3 is 0 Å². The molecule has 11 aromatic rings. The minimum atomic E-state index is 1.17. The second-order valence-corrected chi connectivity index (χ2v) is 17.0. The Balaban J connectivity index is 1.21. The summed E-state index contributed by atoms with van der Waals surface area (Å²) in [6, 6.07) is 66.3. The predicted octanol–water partition coefficient (Wildman–Crippen LogP) is 4.10. The summed E-state index contributed by atoms with van der Waals surface area (Å²) >= 11 is 0. The minimum Gasteiger partial charge on any atom is -0.310 e. The number of fused-ring (bicyclic) bond motifs is 6. The van der Waals surface area contributed by atoms with Crippen LogP contribution in [0.3, 0.4) is 0 Å². The van der Waals surface area contributed by atoms with E-state index in [-0.39, 0.29) is 0 Å². The van der Waals surface area contributed by atoms with E-state index in [1.165, 1.54) is 132 Å². The van der Waals surface area contributed by atoms with E-state index in [2.05, 4.69) is 238 Å². The van der Waals surface area contributed by atoms with Crippen molar-refractivity contribution in [1.29, 1.82) is 0 Å². The number of rotatable bonds is 6. The lowest BCUT2D eigenvalue weighted by molar-refractivity contribution is 1.19. The molecule has 0 amide bonds. The highest BCUT2D eigenvalue weighted by atomic mass is 15.0. The van der Waals surface area contributed by atoms with E-state index in [4.69, 9.17) is 0 Å². The molecule has 0 atom stereocenters. The topological polar surface area (TPSA) is 9.86 Å². The first-order chi connectivity index (χ1) is 30.3. The molecule has 0 bridgehead atoms. The van der Waals surface area contributed by atoms with Gasteiger partial charge in [0.2, 0.25) is 0 Å². The highest BCUT2D eigenvalue weighted by Gasteiger charge is 2.27. The van der Waals surface area contributed by atoms with Crippen molar-refractivity contribution in [2.45, 2.75) is 0 Å². The summed E-state index contributed by atoms with van der Waals surface area (Å²) in [5.41, 5.74) is 25.3. The molecule has 62 heavy (non-hydrogen) atoms. The van der Waals surface area contributed by atoms with Gasteiger partial charge in [-0.1, -0.05) is 178 Å². The molecule has 0 saturated carbocycles. The van der Waals surface area contributed by atoms with Crippen molar-refractivity contribution < 1.29 is 0 Å². The van der Waals surface area contributed by atoms with Crippen LogP contribution >= 0.6 is 0 Å². The third-order valence-corrected chi connectivity index (χ3v) is 13.7. The third-order valence-electron chi connectivity index (χ3n) is 13.7. The Labute approximate surface area is 368 Å². The number of hydrogen-bond donors (Lipinski definition) is 0. The van der Waals surface area contributed by atoms with Crippen molar-refractivity contribution in [2.75, 3.05) is 0 Å². The first kappa shape index (κ1) is 37.9. The van der Waals surface area contributed by atoms with E-state index < -0.39 is 0 Å². The van der Waals surface area contributed by atoms with Crippen LogP contribution in [0, 0.1) is 0 Å². The van der Waals surface area contributed by atoms with Crippen LogP contribution in [0.4, 0.5) is 0 Å². The molecule has 0 spiro atoms. The Morgan fingerprint density at radius 1 is 0.306 bits per heavy atom. The van der Waals surface area contributed by atoms with Crippen LogP contribution < -0.4 is 32.8 Å². The van der Waals surface area contributed by atoms with Crippen LogP contribution in [-0.2, 0) is 0 Å². The Bertz CT molecular complexity index is 3560. The molecular formula is C54H42B6N2. The molecule has 2 nitrogen and oxygen atoms in total. The van der Waals surface area contributed by atoms with E-state index in [1.807, 2.05) is 0 Å². The number of nitrogens with zero attached hydrogens (tertiary/aromatic N) is 2. The van der Waals surface area contributed by atoms with Crippen molar-refractivity contribution in [3.05, 3.63) is 182 Å². The second-order valence-electron chi connectivity index (χ2n) is 17.0. The zero-order valence-corrected chi connectivity index (χ0v) is 36.2. The Morgan fingerprint density at radius 3 is 1.39 bits per heavy atom. The van der Waals surface area contributed by atoms with Crippen molar-refractivity contribution in [1.82, 2.24) is 9.13 Å². The van der Waals surface area contributed by atoms with Gasteiger partial charge in [-0.3, -0.25) is 0 Å². The largest absolute Gasteiger partial charge is 0.310 e. The van der Waals surface area contributed by atoms with Crippen LogP contribution in [0.1, 0.15) is 0 Å². The van der Waals surface area contributed by atoms with Crippen LogP contribution in [-0.4, -0.2) is 56.2 Å². The van der Waals surface area contributed by atoms with Crippen molar-refractivity contribution in [3.8, 4) is 55.9 Å². The lowest BCUT2D eigenvalue weighted by Crippen LogP contribution is -2.41. The predicted molar refractivity (Wildman–Crippen MR) is 286 cm³/mol. The van der Waals surface area contributed by atoms with Gasteiger partial charge in [0, 0.05) is 43.8 Å². The van der Waals surface area contributed by atoms with E-state index in [0.717, 1.165) is 0 Å². The third kappa shape index (κ3) is 5.73. The number of hydrogen-bond acceptors (Lipinski definition) is 0. The Morgan fingerprint density at radius 2 is 0.758 bits per heavy atom. The summed E-state index contributed by atoms with van der Waals surface area (Å²) in [5, 5.41) is 5.20. The summed E-state index contributed by atoms with van der Waals surface area (Å²) in [6.07, 6.45) is 0. The molecule has 0 fully saturated rings. The molecule has 0 aliphatic rings. The molecule has 0 radical (unpaired) electrons. The quantitative estimate of drug-likeness (QED) is 0.225. The van der Waals surface area contributed by atoms with Crippen molar-refractivity contribution in [3.63, 3.8) is 0 Å². The molecule has 8 heteroatoms. The fourth-order valence-corrected chi connectivity index (χ4v) is 10.6. The number of benzene rings is 9. The first-order valence-electron chi connectivity index (χ1n) is 21.8. The van der Waals surface area contributed by atoms with Gasteiger partial charge in [0.1, 0.15) is 47.1 Å². The fraction of sp³-hybridized carbons (Fsp3) is 0. The normalized spacial score (nSPS) is 11.6. The van der Waals surface area contributed by atoms with Crippen LogP contribution in [0.25, 0.3) is 99.5 Å². The zero-order valence-electron chi connectivity index (χ0n) is 36.2. The van der Waals surface area contributed by atoms with Gasteiger partial charge in [0.05, 0.1) is 16.7 Å². The fourth-order valence-electron chi connectivity index (χ4n) is 10.6. The summed E-state index contributed by atoms with van der Waals surface area (Å²) in [7, 11) is 14.1. The lowest BCUT2D eigenvalue weighted by Gasteiger charge is -2.24. The summed E-state index contributed by atoms with van der Waals surface area (Å²) in [6.45, 7) is 0. The van der Waals surface area contributed by atoms with Gasteiger partial charge in [-0.05, 0) is 75.3 Å². The number of aromatic nitrogens is 2. The van der Waals surface area contributed by atoms with E-state index in [9.17, 15) is 0 Å². The highest BCUT2D eigenvalue weighted by Crippen LogP contribution is 2.38. The van der Waals surface area contributed by atoms with Crippen LogP contribution in [0.2, 0.25) is 0 Å². The monoisotopic (exact) mass is 784 g/mol. The molecule has 286 valence electrons. The highest BCUT2D eigenvalue weighted by molar-refractivity contribution is 6.65. The zero-order chi connectivity index (χ0) is 42.2. The first-order valence-corrected chi connectivity index (χ1v) is 21.8. The SMILES string of the molecule is Bc1c(-c2c(B)c(B)c3c(c2B)c2ccccc2n3-c2ccccc2-c2ccccc2)c(B)c2c3cc(-c4ccccc4)ccc3n(-c3ccc(-c4ccccc4)cc3)c2c1B. The molecular weight excluding hydrogens is 741 g/mol. The van der Waals surface area contributed by atoms with Gasteiger partial charge in [0.25, 0.3) is 0 Å². The molecule has 2 heterocycles. The molecule has 0 N–H and O–H groups in total. The van der Waals surface area contributed by atoms with E-state index >= 15 is 0 Å². The van der Waals surface area contributed by atoms with Gasteiger partial charge in [-0.25, -0.2) is 0 Å². The lowest BCUT2D eigenvalue weighted by atomic mass is 9.63. The van der Waals surface area contributed by atoms with Gasteiger partial charge < -0.3 is 9.13 Å². The molecule has 0 unspecified atom stereocenters. The van der Waals surface area contributed by atoms with E-state index in [0.29, 0.717) is 0 Å². The summed E-state index contributed by atoms with van der Waals surface area (Å²) in [5.74, 6) is 0. The van der Waals surface area contributed by atoms with Gasteiger partial charge in [0.15, 0.2) is 0 Å². The Hall–Kier alpha value is -7.03. The molecule has 0 aliphatic carbocycles. The Kier molecular flexibility index (Phi) is 9.09. The van der Waals surface area contributed by atoms with Gasteiger partial charge in [-0.2, -0.15) is 0 Å². The molecule has 9 aromatic carbocycles. The molecule has 2 aromatic heterocycles. The molecule has 11 rings (SSSR count). The van der Waals surface area contributed by atoms with E-state index in [1.54, 1.807) is 0 Å². The maximum Gasteiger partial charge on any atom is 0.141 e. The van der Waals surface area contributed by atoms with Crippen molar-refractivity contribution >= 4 is 123 Å². The van der Waals surface area contributed by atoms with Crippen LogP contribution in [0.15, 0.2) is 182 Å². The van der Waals surface area contributed by atoms with Gasteiger partial charge in [-0.15, -0.1) is 0 Å².